The predicted molar refractivity (Wildman–Crippen MR) is 96.5 cm³/mol. The number of nitrogens with one attached hydrogen (secondary N) is 1. The van der Waals surface area contributed by atoms with Gasteiger partial charge in [0.25, 0.3) is 0 Å². The third kappa shape index (κ3) is 3.54. The van der Waals surface area contributed by atoms with Crippen LogP contribution in [0.4, 0.5) is 5.13 Å². The molecule has 1 saturated carbocycles. The number of hydrogen-bond donors (Lipinski definition) is 1. The van der Waals surface area contributed by atoms with E-state index in [0.717, 1.165) is 41.3 Å². The normalized spacial score (nSPS) is 16.4. The van der Waals surface area contributed by atoms with Gasteiger partial charge in [-0.3, -0.25) is 10.1 Å². The highest BCUT2D eigenvalue weighted by Gasteiger charge is 2.43. The molecule has 1 N–H and O–H groups in total. The van der Waals surface area contributed by atoms with Crippen molar-refractivity contribution in [2.24, 2.45) is 0 Å². The summed E-state index contributed by atoms with van der Waals surface area (Å²) in [5.41, 5.74) is 0.554. The highest BCUT2D eigenvalue weighted by molar-refractivity contribution is 8.01. The van der Waals surface area contributed by atoms with Gasteiger partial charge in [0.05, 0.1) is 5.41 Å². The van der Waals surface area contributed by atoms with Crippen molar-refractivity contribution in [2.75, 3.05) is 11.1 Å². The Labute approximate surface area is 149 Å². The van der Waals surface area contributed by atoms with Gasteiger partial charge in [0.2, 0.25) is 11.0 Å². The molecule has 4 nitrogen and oxygen atoms in total. The fourth-order valence-electron chi connectivity index (χ4n) is 3.05. The molecule has 23 heavy (non-hydrogen) atoms. The number of hydrogen-bond acceptors (Lipinski definition) is 5. The topological polar surface area (TPSA) is 54.9 Å². The van der Waals surface area contributed by atoms with E-state index in [1.165, 1.54) is 11.3 Å². The maximum Gasteiger partial charge on any atom is 0.236 e. The van der Waals surface area contributed by atoms with Crippen LogP contribution in [0.2, 0.25) is 5.02 Å². The summed E-state index contributed by atoms with van der Waals surface area (Å²) in [5, 5.41) is 12.4. The summed E-state index contributed by atoms with van der Waals surface area (Å²) in [7, 11) is 0. The molecule has 1 fully saturated rings. The highest BCUT2D eigenvalue weighted by Crippen LogP contribution is 2.42. The third-order valence-electron chi connectivity index (χ3n) is 4.18. The van der Waals surface area contributed by atoms with Crippen molar-refractivity contribution < 1.29 is 4.79 Å². The molecule has 1 aliphatic carbocycles. The van der Waals surface area contributed by atoms with E-state index in [1.807, 2.05) is 24.3 Å². The number of aromatic nitrogens is 2. The van der Waals surface area contributed by atoms with Crippen molar-refractivity contribution in [3.63, 3.8) is 0 Å². The van der Waals surface area contributed by atoms with Crippen LogP contribution in [-0.4, -0.2) is 21.9 Å². The first-order valence-corrected chi connectivity index (χ1v) is 9.86. The van der Waals surface area contributed by atoms with Gasteiger partial charge < -0.3 is 0 Å². The van der Waals surface area contributed by atoms with Crippen molar-refractivity contribution >= 4 is 45.7 Å². The van der Waals surface area contributed by atoms with E-state index in [1.54, 1.807) is 11.8 Å². The Hall–Kier alpha value is -1.11. The highest BCUT2D eigenvalue weighted by atomic mass is 35.5. The van der Waals surface area contributed by atoms with Gasteiger partial charge >= 0.3 is 0 Å². The minimum atomic E-state index is -0.478. The Kier molecular flexibility index (Phi) is 5.24. The lowest BCUT2D eigenvalue weighted by Gasteiger charge is -2.27. The zero-order valence-corrected chi connectivity index (χ0v) is 15.2. The van der Waals surface area contributed by atoms with Crippen molar-refractivity contribution in [3.8, 4) is 0 Å². The van der Waals surface area contributed by atoms with Crippen molar-refractivity contribution in [3.05, 3.63) is 34.9 Å². The molecule has 2 aromatic rings. The Bertz CT molecular complexity index is 681. The predicted octanol–water partition coefficient (Wildman–Crippen LogP) is 4.75. The molecule has 3 rings (SSSR count). The van der Waals surface area contributed by atoms with Crippen molar-refractivity contribution in [2.45, 2.75) is 42.4 Å². The van der Waals surface area contributed by atoms with E-state index in [4.69, 9.17) is 11.6 Å². The molecule has 1 amide bonds. The molecule has 0 spiro atoms. The van der Waals surface area contributed by atoms with Gasteiger partial charge in [0.1, 0.15) is 0 Å². The van der Waals surface area contributed by atoms with Crippen molar-refractivity contribution in [1.29, 1.82) is 0 Å². The molecule has 0 radical (unpaired) electrons. The minimum absolute atomic E-state index is 0.0153. The van der Waals surface area contributed by atoms with E-state index in [9.17, 15) is 4.79 Å². The van der Waals surface area contributed by atoms with Crippen LogP contribution in [0, 0.1) is 0 Å². The van der Waals surface area contributed by atoms with Crippen LogP contribution in [0.3, 0.4) is 0 Å². The minimum Gasteiger partial charge on any atom is -0.300 e. The molecule has 1 aromatic heterocycles. The van der Waals surface area contributed by atoms with Gasteiger partial charge in [-0.1, -0.05) is 66.6 Å². The fourth-order valence-corrected chi connectivity index (χ4v) is 4.82. The van der Waals surface area contributed by atoms with Crippen LogP contribution >= 0.6 is 34.7 Å². The molecule has 0 saturated heterocycles. The number of halogens is 1. The maximum absolute atomic E-state index is 13.0. The molecule has 0 atom stereocenters. The number of carbonyl (C=O) groups excluding carboxylic acids is 1. The van der Waals surface area contributed by atoms with Gasteiger partial charge in [0.15, 0.2) is 4.34 Å². The van der Waals surface area contributed by atoms with Crippen LogP contribution < -0.4 is 5.32 Å². The SMILES string of the molecule is CCSc1nnc(NC(=O)C2(c3ccc(Cl)cc3)CCCC2)s1. The molecule has 1 heterocycles. The molecule has 0 aliphatic heterocycles. The lowest BCUT2D eigenvalue weighted by molar-refractivity contribution is -0.121. The summed E-state index contributed by atoms with van der Waals surface area (Å²) >= 11 is 9.05. The van der Waals surface area contributed by atoms with Crippen LogP contribution in [0.5, 0.6) is 0 Å². The molecule has 1 aromatic carbocycles. The molecule has 122 valence electrons. The zero-order chi connectivity index (χ0) is 16.3. The fraction of sp³-hybridized carbons (Fsp3) is 0.438. The Morgan fingerprint density at radius 2 is 2.00 bits per heavy atom. The van der Waals surface area contributed by atoms with Crippen molar-refractivity contribution in [1.82, 2.24) is 10.2 Å². The number of benzene rings is 1. The molecule has 7 heteroatoms. The molecular weight excluding hydrogens is 350 g/mol. The first-order chi connectivity index (χ1) is 11.1. The number of anilines is 1. The van der Waals surface area contributed by atoms with Gasteiger partial charge in [0, 0.05) is 5.02 Å². The van der Waals surface area contributed by atoms with Gasteiger partial charge in [-0.2, -0.15) is 0 Å². The van der Waals surface area contributed by atoms with E-state index in [2.05, 4.69) is 22.4 Å². The van der Waals surface area contributed by atoms with Gasteiger partial charge in [-0.25, -0.2) is 0 Å². The van der Waals surface area contributed by atoms with Crippen LogP contribution in [-0.2, 0) is 10.2 Å². The van der Waals surface area contributed by atoms with E-state index >= 15 is 0 Å². The number of carbonyl (C=O) groups is 1. The summed E-state index contributed by atoms with van der Waals surface area (Å²) in [5.74, 6) is 0.957. The smallest absolute Gasteiger partial charge is 0.236 e. The standard InChI is InChI=1S/C16H18ClN3OS2/c1-2-22-15-20-19-14(23-15)18-13(21)16(9-3-4-10-16)11-5-7-12(17)8-6-11/h5-8H,2-4,9-10H2,1H3,(H,18,19,21). The first kappa shape index (κ1) is 16.7. The summed E-state index contributed by atoms with van der Waals surface area (Å²) < 4.78 is 0.884. The van der Waals surface area contributed by atoms with E-state index in [0.29, 0.717) is 10.2 Å². The second-order valence-electron chi connectivity index (χ2n) is 5.56. The van der Waals surface area contributed by atoms with Gasteiger partial charge in [-0.15, -0.1) is 10.2 Å². The number of rotatable bonds is 5. The lowest BCUT2D eigenvalue weighted by Crippen LogP contribution is -2.37. The summed E-state index contributed by atoms with van der Waals surface area (Å²) in [6.07, 6.45) is 3.83. The zero-order valence-electron chi connectivity index (χ0n) is 12.8. The molecule has 1 aliphatic rings. The number of nitrogens with zero attached hydrogens (tertiary/aromatic N) is 2. The average molecular weight is 368 g/mol. The summed E-state index contributed by atoms with van der Waals surface area (Å²) in [4.78, 5) is 13.0. The van der Waals surface area contributed by atoms with Crippen LogP contribution in [0.15, 0.2) is 28.6 Å². The second-order valence-corrected chi connectivity index (χ2v) is 8.48. The van der Waals surface area contributed by atoms with Gasteiger partial charge in [-0.05, 0) is 36.3 Å². The second kappa shape index (κ2) is 7.20. The monoisotopic (exact) mass is 367 g/mol. The van der Waals surface area contributed by atoms with Crippen LogP contribution in [0.1, 0.15) is 38.2 Å². The summed E-state index contributed by atoms with van der Waals surface area (Å²) in [6, 6.07) is 7.63. The number of thioether (sulfide) groups is 1. The number of amides is 1. The maximum atomic E-state index is 13.0. The molecule has 0 bridgehead atoms. The van der Waals surface area contributed by atoms with E-state index < -0.39 is 5.41 Å². The lowest BCUT2D eigenvalue weighted by atomic mass is 9.78. The Balaban J connectivity index is 1.82. The van der Waals surface area contributed by atoms with E-state index in [-0.39, 0.29) is 5.91 Å². The first-order valence-electron chi connectivity index (χ1n) is 7.68. The Morgan fingerprint density at radius 1 is 1.30 bits per heavy atom. The third-order valence-corrected chi connectivity index (χ3v) is 6.29. The molecular formula is C16H18ClN3OS2. The average Bonchev–Trinajstić information content (AvgIpc) is 3.19. The van der Waals surface area contributed by atoms with Crippen LogP contribution in [0.25, 0.3) is 0 Å². The Morgan fingerprint density at radius 3 is 2.65 bits per heavy atom. The quantitative estimate of drug-likeness (QED) is 0.611. The largest absolute Gasteiger partial charge is 0.300 e. The summed E-state index contributed by atoms with van der Waals surface area (Å²) in [6.45, 7) is 2.07. The molecule has 0 unspecified atom stereocenters.